The summed E-state index contributed by atoms with van der Waals surface area (Å²) in [7, 11) is 0. The maximum Gasteiger partial charge on any atom is 0.450 e. The van der Waals surface area contributed by atoms with E-state index in [0.717, 1.165) is 11.8 Å². The molecule has 0 aliphatic carbocycles. The molecule has 1 aliphatic heterocycles. The average molecular weight is 328 g/mol. The first-order valence-electron chi connectivity index (χ1n) is 7.30. The zero-order chi connectivity index (χ0) is 17.0. The van der Waals surface area contributed by atoms with Crippen molar-refractivity contribution in [3.05, 3.63) is 41.8 Å². The summed E-state index contributed by atoms with van der Waals surface area (Å²) in [5.74, 6) is -0.723. The van der Waals surface area contributed by atoms with Crippen molar-refractivity contribution in [3.8, 4) is 0 Å². The number of benzene rings is 1. The van der Waals surface area contributed by atoms with Gasteiger partial charge in [0.1, 0.15) is 0 Å². The molecule has 0 bridgehead atoms. The Morgan fingerprint density at radius 2 is 1.96 bits per heavy atom. The Morgan fingerprint density at radius 3 is 2.48 bits per heavy atom. The summed E-state index contributed by atoms with van der Waals surface area (Å²) in [6.45, 7) is 4.16. The van der Waals surface area contributed by atoms with Crippen LogP contribution >= 0.6 is 0 Å². The Bertz CT molecular complexity index is 580. The van der Waals surface area contributed by atoms with Crippen LogP contribution < -0.4 is 10.2 Å². The van der Waals surface area contributed by atoms with Crippen molar-refractivity contribution in [1.82, 2.24) is 5.32 Å². The van der Waals surface area contributed by atoms with Gasteiger partial charge in [-0.15, -0.1) is 0 Å². The van der Waals surface area contributed by atoms with Crippen molar-refractivity contribution in [1.29, 1.82) is 0 Å². The van der Waals surface area contributed by atoms with Gasteiger partial charge in [-0.3, -0.25) is 4.79 Å². The van der Waals surface area contributed by atoms with E-state index in [4.69, 9.17) is 0 Å². The van der Waals surface area contributed by atoms with Crippen molar-refractivity contribution in [2.75, 3.05) is 11.6 Å². The van der Waals surface area contributed by atoms with Crippen molar-refractivity contribution >= 4 is 11.6 Å². The van der Waals surface area contributed by atoms with Crippen LogP contribution in [-0.2, 0) is 16.1 Å². The monoisotopic (exact) mass is 328 g/mol. The number of hydrogen-bond donors (Lipinski definition) is 1. The van der Waals surface area contributed by atoms with Gasteiger partial charge in [0.2, 0.25) is 11.7 Å². The number of carbonyl (C=O) groups excluding carboxylic acids is 1. The highest BCUT2D eigenvalue weighted by molar-refractivity contribution is 5.76. The van der Waals surface area contributed by atoms with Gasteiger partial charge in [0.25, 0.3) is 0 Å². The molecule has 7 heteroatoms. The van der Waals surface area contributed by atoms with E-state index in [2.05, 4.69) is 10.1 Å². The van der Waals surface area contributed by atoms with Crippen LogP contribution in [-0.4, -0.2) is 18.8 Å². The molecule has 1 aromatic carbocycles. The molecule has 0 aromatic heterocycles. The van der Waals surface area contributed by atoms with Gasteiger partial charge >= 0.3 is 6.18 Å². The second kappa shape index (κ2) is 6.93. The van der Waals surface area contributed by atoms with Gasteiger partial charge in [0.05, 0.1) is 6.20 Å². The fourth-order valence-corrected chi connectivity index (χ4v) is 2.11. The van der Waals surface area contributed by atoms with Crippen LogP contribution in [0.4, 0.5) is 18.9 Å². The van der Waals surface area contributed by atoms with Gasteiger partial charge in [-0.2, -0.15) is 13.2 Å². The Labute approximate surface area is 132 Å². The van der Waals surface area contributed by atoms with Crippen LogP contribution in [0.1, 0.15) is 25.8 Å². The summed E-state index contributed by atoms with van der Waals surface area (Å²) in [4.78, 5) is 13.0. The third kappa shape index (κ3) is 4.91. The smallest absolute Gasteiger partial charge is 0.450 e. The molecule has 126 valence electrons. The Morgan fingerprint density at radius 1 is 1.30 bits per heavy atom. The van der Waals surface area contributed by atoms with Crippen LogP contribution in [0.3, 0.4) is 0 Å². The molecule has 0 unspecified atom stereocenters. The fourth-order valence-electron chi connectivity index (χ4n) is 2.11. The second-order valence-corrected chi connectivity index (χ2v) is 5.78. The van der Waals surface area contributed by atoms with Crippen LogP contribution in [0.5, 0.6) is 0 Å². The largest absolute Gasteiger partial charge is 0.466 e. The molecule has 0 radical (unpaired) electrons. The van der Waals surface area contributed by atoms with Crippen LogP contribution in [0, 0.1) is 5.92 Å². The van der Waals surface area contributed by atoms with E-state index < -0.39 is 11.9 Å². The maximum absolute atomic E-state index is 12.5. The van der Waals surface area contributed by atoms with E-state index in [0.29, 0.717) is 24.6 Å². The van der Waals surface area contributed by atoms with E-state index in [1.54, 1.807) is 24.3 Å². The second-order valence-electron chi connectivity index (χ2n) is 5.78. The highest BCUT2D eigenvalue weighted by Gasteiger charge is 2.39. The number of hydrogen-bond acceptors (Lipinski definition) is 3. The summed E-state index contributed by atoms with van der Waals surface area (Å²) in [6.07, 6.45) is -3.07. The fraction of sp³-hybridized carbons (Fsp3) is 0.438. The number of anilines is 1. The van der Waals surface area contributed by atoms with E-state index in [1.165, 1.54) is 4.90 Å². The number of carbonyl (C=O) groups is 1. The van der Waals surface area contributed by atoms with E-state index >= 15 is 0 Å². The highest BCUT2D eigenvalue weighted by atomic mass is 19.4. The molecule has 1 amide bonds. The number of halogens is 3. The maximum atomic E-state index is 12.5. The van der Waals surface area contributed by atoms with Crippen LogP contribution in [0.15, 0.2) is 36.2 Å². The molecule has 23 heavy (non-hydrogen) atoms. The summed E-state index contributed by atoms with van der Waals surface area (Å²) >= 11 is 0. The molecule has 1 aliphatic rings. The quantitative estimate of drug-likeness (QED) is 0.899. The lowest BCUT2D eigenvalue weighted by atomic mass is 10.1. The summed E-state index contributed by atoms with van der Waals surface area (Å²) < 4.78 is 42.2. The zero-order valence-electron chi connectivity index (χ0n) is 13.0. The topological polar surface area (TPSA) is 41.6 Å². The Balaban J connectivity index is 1.93. The molecule has 0 spiro atoms. The molecule has 4 nitrogen and oxygen atoms in total. The van der Waals surface area contributed by atoms with Crippen molar-refractivity contribution in [2.45, 2.75) is 33.0 Å². The normalized spacial score (nSPS) is 14.7. The van der Waals surface area contributed by atoms with Crippen LogP contribution in [0.25, 0.3) is 0 Å². The first kappa shape index (κ1) is 17.2. The van der Waals surface area contributed by atoms with Gasteiger partial charge in [0, 0.05) is 18.7 Å². The number of rotatable bonds is 5. The van der Waals surface area contributed by atoms with Gasteiger partial charge in [-0.1, -0.05) is 26.0 Å². The van der Waals surface area contributed by atoms with Crippen molar-refractivity contribution in [2.24, 2.45) is 5.92 Å². The summed E-state index contributed by atoms with van der Waals surface area (Å²) in [5.41, 5.74) is 1.48. The Hall–Kier alpha value is -2.18. The molecule has 0 atom stereocenters. The number of nitrogens with zero attached hydrogens (tertiary/aromatic N) is 1. The lowest BCUT2D eigenvalue weighted by Crippen LogP contribution is -2.23. The van der Waals surface area contributed by atoms with Gasteiger partial charge in [-0.05, 0) is 23.6 Å². The lowest BCUT2D eigenvalue weighted by Gasteiger charge is -2.14. The highest BCUT2D eigenvalue weighted by Crippen LogP contribution is 2.32. The number of amides is 1. The molecule has 0 fully saturated rings. The number of ether oxygens (including phenoxy) is 1. The third-order valence-electron chi connectivity index (χ3n) is 3.26. The summed E-state index contributed by atoms with van der Waals surface area (Å²) in [6, 6.07) is 6.93. The Kier molecular flexibility index (Phi) is 5.18. The van der Waals surface area contributed by atoms with Crippen molar-refractivity contribution in [3.63, 3.8) is 0 Å². The van der Waals surface area contributed by atoms with Crippen molar-refractivity contribution < 1.29 is 22.7 Å². The first-order chi connectivity index (χ1) is 10.8. The predicted octanol–water partition coefficient (Wildman–Crippen LogP) is 3.55. The van der Waals surface area contributed by atoms with Gasteiger partial charge < -0.3 is 15.0 Å². The number of alkyl halides is 3. The molecular weight excluding hydrogens is 309 g/mol. The van der Waals surface area contributed by atoms with Gasteiger partial charge in [0.15, 0.2) is 6.73 Å². The van der Waals surface area contributed by atoms with E-state index in [1.807, 2.05) is 13.8 Å². The molecule has 0 saturated heterocycles. The number of nitrogens with one attached hydrogen (secondary N) is 1. The summed E-state index contributed by atoms with van der Waals surface area (Å²) in [5, 5.41) is 2.81. The van der Waals surface area contributed by atoms with Crippen LogP contribution in [0.2, 0.25) is 0 Å². The average Bonchev–Trinajstić information content (AvgIpc) is 2.95. The molecule has 1 N–H and O–H groups in total. The molecule has 0 saturated carbocycles. The SMILES string of the molecule is CC(C)CC(=O)NCc1ccc(N2C=C(C(F)(F)F)OC2)cc1. The molecule has 2 rings (SSSR count). The van der Waals surface area contributed by atoms with Gasteiger partial charge in [-0.25, -0.2) is 0 Å². The minimum absolute atomic E-state index is 0.0187. The molecule has 1 aromatic rings. The molecular formula is C16H19F3N2O2. The molecule has 1 heterocycles. The third-order valence-corrected chi connectivity index (χ3v) is 3.26. The zero-order valence-corrected chi connectivity index (χ0v) is 13.0. The first-order valence-corrected chi connectivity index (χ1v) is 7.30. The standard InChI is InChI=1S/C16H19F3N2O2/c1-11(2)7-15(22)20-8-12-3-5-13(6-4-12)21-9-14(23-10-21)16(17,18)19/h3-6,9,11H,7-8,10H2,1-2H3,(H,20,22). The number of allylic oxidation sites excluding steroid dienone is 1. The predicted molar refractivity (Wildman–Crippen MR) is 80.3 cm³/mol. The van der Waals surface area contributed by atoms with E-state index in [-0.39, 0.29) is 12.6 Å². The lowest BCUT2D eigenvalue weighted by molar-refractivity contribution is -0.126. The van der Waals surface area contributed by atoms with E-state index in [9.17, 15) is 18.0 Å². The minimum Gasteiger partial charge on any atom is -0.466 e. The minimum atomic E-state index is -4.48.